The molecule has 1 N–H and O–H groups in total. The molecule has 2 rings (SSSR count). The summed E-state index contributed by atoms with van der Waals surface area (Å²) in [5, 5.41) is 3.56. The highest BCUT2D eigenvalue weighted by atomic mass is 32.2. The van der Waals surface area contributed by atoms with Crippen molar-refractivity contribution in [3.05, 3.63) is 24.3 Å². The molecule has 0 saturated heterocycles. The highest BCUT2D eigenvalue weighted by Gasteiger charge is 2.28. The van der Waals surface area contributed by atoms with Crippen LogP contribution in [0.2, 0.25) is 0 Å². The molecule has 0 spiro atoms. The van der Waals surface area contributed by atoms with Crippen molar-refractivity contribution in [3.8, 4) is 5.75 Å². The molecule has 3 nitrogen and oxygen atoms in total. The summed E-state index contributed by atoms with van der Waals surface area (Å²) < 4.78 is 18.0. The molecule has 1 aliphatic rings. The van der Waals surface area contributed by atoms with Gasteiger partial charge < -0.3 is 10.1 Å². The smallest absolute Gasteiger partial charge is 0.120 e. The van der Waals surface area contributed by atoms with Crippen LogP contribution in [0.5, 0.6) is 5.75 Å². The summed E-state index contributed by atoms with van der Waals surface area (Å²) in [6.45, 7) is 0. The minimum Gasteiger partial charge on any atom is -0.497 e. The molecule has 0 radical (unpaired) electrons. The third-order valence-electron chi connectivity index (χ3n) is 3.87. The predicted molar refractivity (Wildman–Crippen MR) is 79.1 cm³/mol. The summed E-state index contributed by atoms with van der Waals surface area (Å²) in [6, 6.07) is 8.00. The van der Waals surface area contributed by atoms with E-state index < -0.39 is 10.8 Å². The van der Waals surface area contributed by atoms with Gasteiger partial charge in [-0.05, 0) is 38.1 Å². The van der Waals surface area contributed by atoms with Crippen LogP contribution in [0.3, 0.4) is 0 Å². The van der Waals surface area contributed by atoms with Gasteiger partial charge in [0.25, 0.3) is 0 Å². The zero-order valence-corrected chi connectivity index (χ0v) is 12.5. The number of rotatable bonds is 4. The van der Waals surface area contributed by atoms with E-state index in [2.05, 4.69) is 5.32 Å². The molecule has 0 aromatic heterocycles. The van der Waals surface area contributed by atoms with Crippen molar-refractivity contribution < 1.29 is 8.95 Å². The van der Waals surface area contributed by atoms with E-state index in [1.807, 2.05) is 31.3 Å². The zero-order chi connectivity index (χ0) is 13.7. The van der Waals surface area contributed by atoms with Gasteiger partial charge in [-0.2, -0.15) is 0 Å². The number of hydrogen-bond acceptors (Lipinski definition) is 3. The molecule has 106 valence electrons. The van der Waals surface area contributed by atoms with Gasteiger partial charge in [0.05, 0.1) is 23.2 Å². The Labute approximate surface area is 118 Å². The largest absolute Gasteiger partial charge is 0.497 e. The van der Waals surface area contributed by atoms with Gasteiger partial charge in [0, 0.05) is 10.9 Å². The van der Waals surface area contributed by atoms with Gasteiger partial charge in [-0.3, -0.25) is 4.21 Å². The summed E-state index contributed by atoms with van der Waals surface area (Å²) in [5.74, 6) is 0.778. The number of methoxy groups -OCH3 is 1. The maximum atomic E-state index is 12.8. The van der Waals surface area contributed by atoms with Gasteiger partial charge in [0.1, 0.15) is 5.75 Å². The average molecular weight is 281 g/mol. The van der Waals surface area contributed by atoms with E-state index in [4.69, 9.17) is 4.74 Å². The second-order valence-corrected chi connectivity index (χ2v) is 6.72. The van der Waals surface area contributed by atoms with Crippen LogP contribution in [0, 0.1) is 0 Å². The monoisotopic (exact) mass is 281 g/mol. The standard InChI is InChI=1S/C15H23NO2S/c1-16-14-9-4-3-5-10-15(14)19(17)13-8-6-7-12(11-13)18-2/h6-8,11,14-16H,3-5,9-10H2,1-2H3. The SMILES string of the molecule is CNC1CCCCCC1S(=O)c1cccc(OC)c1. The topological polar surface area (TPSA) is 38.3 Å². The van der Waals surface area contributed by atoms with Crippen LogP contribution >= 0.6 is 0 Å². The summed E-state index contributed by atoms with van der Waals surface area (Å²) in [7, 11) is 2.66. The molecular formula is C15H23NO2S. The lowest BCUT2D eigenvalue weighted by Gasteiger charge is -2.24. The minimum absolute atomic E-state index is 0.208. The first kappa shape index (κ1) is 14.5. The van der Waals surface area contributed by atoms with Crippen LogP contribution in [-0.2, 0) is 10.8 Å². The van der Waals surface area contributed by atoms with E-state index in [0.717, 1.165) is 23.5 Å². The summed E-state index contributed by atoms with van der Waals surface area (Å²) in [4.78, 5) is 0.881. The number of nitrogens with one attached hydrogen (secondary N) is 1. The van der Waals surface area contributed by atoms with Crippen molar-refractivity contribution >= 4 is 10.8 Å². The molecule has 0 amide bonds. The Kier molecular flexibility index (Phi) is 5.40. The van der Waals surface area contributed by atoms with Crippen molar-refractivity contribution in [1.82, 2.24) is 5.32 Å². The first-order valence-electron chi connectivity index (χ1n) is 6.98. The van der Waals surface area contributed by atoms with Gasteiger partial charge in [0.15, 0.2) is 0 Å². The van der Waals surface area contributed by atoms with E-state index in [1.54, 1.807) is 7.11 Å². The molecule has 3 atom stereocenters. The summed E-state index contributed by atoms with van der Waals surface area (Å²) in [5.41, 5.74) is 0. The zero-order valence-electron chi connectivity index (χ0n) is 11.7. The first-order chi connectivity index (χ1) is 9.26. The van der Waals surface area contributed by atoms with Crippen molar-refractivity contribution in [3.63, 3.8) is 0 Å². The molecule has 19 heavy (non-hydrogen) atoms. The van der Waals surface area contributed by atoms with Gasteiger partial charge in [-0.1, -0.05) is 25.3 Å². The van der Waals surface area contributed by atoms with Crippen molar-refractivity contribution in [1.29, 1.82) is 0 Å². The fourth-order valence-corrected chi connectivity index (χ4v) is 4.51. The normalized spacial score (nSPS) is 25.6. The number of benzene rings is 1. The summed E-state index contributed by atoms with van der Waals surface area (Å²) in [6.07, 6.45) is 5.83. The van der Waals surface area contributed by atoms with Gasteiger partial charge in [0.2, 0.25) is 0 Å². The first-order valence-corrected chi connectivity index (χ1v) is 8.19. The molecular weight excluding hydrogens is 258 g/mol. The Bertz CT molecular complexity index is 436. The highest BCUT2D eigenvalue weighted by molar-refractivity contribution is 7.85. The van der Waals surface area contributed by atoms with E-state index >= 15 is 0 Å². The Hall–Kier alpha value is -0.870. The predicted octanol–water partition coefficient (Wildman–Crippen LogP) is 2.72. The lowest BCUT2D eigenvalue weighted by Crippen LogP contribution is -2.39. The second kappa shape index (κ2) is 7.06. The molecule has 1 aromatic carbocycles. The lowest BCUT2D eigenvalue weighted by atomic mass is 10.1. The van der Waals surface area contributed by atoms with Gasteiger partial charge >= 0.3 is 0 Å². The Balaban J connectivity index is 2.20. The number of ether oxygens (including phenoxy) is 1. The Morgan fingerprint density at radius 3 is 2.79 bits per heavy atom. The Morgan fingerprint density at radius 1 is 1.26 bits per heavy atom. The van der Waals surface area contributed by atoms with Crippen LogP contribution in [0.15, 0.2) is 29.2 Å². The fourth-order valence-electron chi connectivity index (χ4n) is 2.76. The molecule has 0 aliphatic heterocycles. The van der Waals surface area contributed by atoms with Crippen molar-refractivity contribution in [2.75, 3.05) is 14.2 Å². The van der Waals surface area contributed by atoms with E-state index in [-0.39, 0.29) is 5.25 Å². The van der Waals surface area contributed by atoms with Crippen LogP contribution in [0.25, 0.3) is 0 Å². The molecule has 4 heteroatoms. The average Bonchev–Trinajstić information content (AvgIpc) is 2.71. The quantitative estimate of drug-likeness (QED) is 0.862. The Morgan fingerprint density at radius 2 is 2.05 bits per heavy atom. The molecule has 3 unspecified atom stereocenters. The van der Waals surface area contributed by atoms with E-state index in [1.165, 1.54) is 19.3 Å². The highest BCUT2D eigenvalue weighted by Crippen LogP contribution is 2.27. The van der Waals surface area contributed by atoms with Gasteiger partial charge in [-0.15, -0.1) is 0 Å². The van der Waals surface area contributed by atoms with E-state index in [0.29, 0.717) is 6.04 Å². The van der Waals surface area contributed by atoms with Crippen LogP contribution in [0.1, 0.15) is 32.1 Å². The van der Waals surface area contributed by atoms with E-state index in [9.17, 15) is 4.21 Å². The third-order valence-corrected chi connectivity index (χ3v) is 5.70. The lowest BCUT2D eigenvalue weighted by molar-refractivity contribution is 0.413. The fraction of sp³-hybridized carbons (Fsp3) is 0.600. The molecule has 1 saturated carbocycles. The third kappa shape index (κ3) is 3.57. The summed E-state index contributed by atoms with van der Waals surface area (Å²) >= 11 is 0. The molecule has 1 fully saturated rings. The molecule has 1 aliphatic carbocycles. The van der Waals surface area contributed by atoms with Crippen LogP contribution in [0.4, 0.5) is 0 Å². The minimum atomic E-state index is -0.965. The number of hydrogen-bond donors (Lipinski definition) is 1. The van der Waals surface area contributed by atoms with Gasteiger partial charge in [-0.25, -0.2) is 0 Å². The molecule has 1 aromatic rings. The van der Waals surface area contributed by atoms with Crippen LogP contribution in [-0.4, -0.2) is 29.7 Å². The maximum Gasteiger partial charge on any atom is 0.120 e. The molecule has 0 bridgehead atoms. The van der Waals surface area contributed by atoms with Crippen LogP contribution < -0.4 is 10.1 Å². The van der Waals surface area contributed by atoms with Crippen molar-refractivity contribution in [2.24, 2.45) is 0 Å². The second-order valence-electron chi connectivity index (χ2n) is 5.05. The van der Waals surface area contributed by atoms with Crippen molar-refractivity contribution in [2.45, 2.75) is 48.3 Å². The molecule has 0 heterocycles. The maximum absolute atomic E-state index is 12.8.